The zero-order valence-electron chi connectivity index (χ0n) is 17.2. The van der Waals surface area contributed by atoms with E-state index in [1.54, 1.807) is 19.2 Å². The summed E-state index contributed by atoms with van der Waals surface area (Å²) in [5.74, 6) is 0.580. The highest BCUT2D eigenvalue weighted by molar-refractivity contribution is 5.47. The maximum Gasteiger partial charge on any atom is 0.421 e. The van der Waals surface area contributed by atoms with Crippen LogP contribution in [-0.2, 0) is 23.5 Å². The molecule has 2 N–H and O–H groups in total. The minimum Gasteiger partial charge on any atom is -0.496 e. The zero-order valence-corrected chi connectivity index (χ0v) is 17.2. The Bertz CT molecular complexity index is 888. The van der Waals surface area contributed by atoms with Crippen LogP contribution in [0.15, 0.2) is 42.5 Å². The lowest BCUT2D eigenvalue weighted by Gasteiger charge is -2.34. The quantitative estimate of drug-likeness (QED) is 0.743. The second kappa shape index (κ2) is 8.21. The Kier molecular flexibility index (Phi) is 5.79. The van der Waals surface area contributed by atoms with E-state index in [0.29, 0.717) is 23.4 Å². The third-order valence-corrected chi connectivity index (χ3v) is 6.25. The molecule has 2 aliphatic heterocycles. The van der Waals surface area contributed by atoms with Gasteiger partial charge in [-0.25, -0.2) is 0 Å². The van der Waals surface area contributed by atoms with Gasteiger partial charge in [-0.15, -0.1) is 0 Å². The van der Waals surface area contributed by atoms with Crippen molar-refractivity contribution in [1.82, 2.24) is 10.6 Å². The topological polar surface area (TPSA) is 42.5 Å². The van der Waals surface area contributed by atoms with Crippen LogP contribution in [0.2, 0.25) is 0 Å². The van der Waals surface area contributed by atoms with Crippen molar-refractivity contribution in [2.45, 2.75) is 56.8 Å². The molecule has 4 rings (SSSR count). The second-order valence-electron chi connectivity index (χ2n) is 8.11. The first-order chi connectivity index (χ1) is 14.3. The van der Waals surface area contributed by atoms with E-state index in [4.69, 9.17) is 9.47 Å². The van der Waals surface area contributed by atoms with Gasteiger partial charge in [0, 0.05) is 24.2 Å². The minimum absolute atomic E-state index is 0.0714. The summed E-state index contributed by atoms with van der Waals surface area (Å²) in [5, 5.41) is 7.12. The molecule has 3 atom stereocenters. The number of alkyl halides is 3. The SMILES string of the molecule is COc1cc2c(cc1CN[C@H]1CCCN[C@H]1c1ccccc1)C(C)(C(F)(F)F)OC2. The van der Waals surface area contributed by atoms with Gasteiger partial charge in [0.05, 0.1) is 13.7 Å². The van der Waals surface area contributed by atoms with Crippen LogP contribution in [0.3, 0.4) is 0 Å². The molecule has 2 aromatic carbocycles. The molecule has 30 heavy (non-hydrogen) atoms. The number of piperidine rings is 1. The van der Waals surface area contributed by atoms with Crippen LogP contribution in [0.1, 0.15) is 48.1 Å². The summed E-state index contributed by atoms with van der Waals surface area (Å²) in [6.07, 6.45) is -2.45. The van der Waals surface area contributed by atoms with Crippen molar-refractivity contribution in [3.63, 3.8) is 0 Å². The first-order valence-corrected chi connectivity index (χ1v) is 10.3. The van der Waals surface area contributed by atoms with Gasteiger partial charge in [-0.2, -0.15) is 13.2 Å². The Morgan fingerprint density at radius 3 is 2.70 bits per heavy atom. The zero-order chi connectivity index (χ0) is 21.4. The van der Waals surface area contributed by atoms with E-state index in [9.17, 15) is 13.2 Å². The van der Waals surface area contributed by atoms with Gasteiger partial charge in [0.2, 0.25) is 0 Å². The maximum absolute atomic E-state index is 13.7. The Morgan fingerprint density at radius 1 is 1.23 bits per heavy atom. The number of halogens is 3. The van der Waals surface area contributed by atoms with Gasteiger partial charge in [0.15, 0.2) is 5.60 Å². The summed E-state index contributed by atoms with van der Waals surface area (Å²) in [6, 6.07) is 13.8. The van der Waals surface area contributed by atoms with E-state index in [0.717, 1.165) is 26.3 Å². The Labute approximate surface area is 174 Å². The fourth-order valence-corrected chi connectivity index (χ4v) is 4.45. The van der Waals surface area contributed by atoms with E-state index < -0.39 is 11.8 Å². The molecule has 1 fully saturated rings. The third-order valence-electron chi connectivity index (χ3n) is 6.25. The van der Waals surface area contributed by atoms with E-state index in [1.807, 2.05) is 18.2 Å². The van der Waals surface area contributed by atoms with Gasteiger partial charge in [0.25, 0.3) is 0 Å². The number of benzene rings is 2. The van der Waals surface area contributed by atoms with Crippen LogP contribution in [0.25, 0.3) is 0 Å². The van der Waals surface area contributed by atoms with Crippen molar-refractivity contribution >= 4 is 0 Å². The van der Waals surface area contributed by atoms with Crippen LogP contribution in [0.5, 0.6) is 5.75 Å². The number of rotatable bonds is 5. The third kappa shape index (κ3) is 3.82. The smallest absolute Gasteiger partial charge is 0.421 e. The van der Waals surface area contributed by atoms with Crippen molar-refractivity contribution < 1.29 is 22.6 Å². The molecule has 0 spiro atoms. The van der Waals surface area contributed by atoms with E-state index >= 15 is 0 Å². The average Bonchev–Trinajstić information content (AvgIpc) is 3.09. The second-order valence-corrected chi connectivity index (χ2v) is 8.11. The molecule has 0 bridgehead atoms. The molecule has 0 radical (unpaired) electrons. The maximum atomic E-state index is 13.7. The molecule has 4 nitrogen and oxygen atoms in total. The number of nitrogens with one attached hydrogen (secondary N) is 2. The average molecular weight is 420 g/mol. The Morgan fingerprint density at radius 2 is 2.00 bits per heavy atom. The van der Waals surface area contributed by atoms with Crippen LogP contribution in [0.4, 0.5) is 13.2 Å². The highest BCUT2D eigenvalue weighted by atomic mass is 19.4. The van der Waals surface area contributed by atoms with Crippen molar-refractivity contribution in [3.05, 3.63) is 64.7 Å². The first-order valence-electron chi connectivity index (χ1n) is 10.3. The molecule has 1 unspecified atom stereocenters. The molecule has 2 aromatic rings. The molecule has 0 aromatic heterocycles. The molecule has 7 heteroatoms. The Hall–Kier alpha value is -2.09. The lowest BCUT2D eigenvalue weighted by Crippen LogP contribution is -2.45. The van der Waals surface area contributed by atoms with Gasteiger partial charge in [-0.3, -0.25) is 0 Å². The largest absolute Gasteiger partial charge is 0.496 e. The fourth-order valence-electron chi connectivity index (χ4n) is 4.45. The van der Waals surface area contributed by atoms with Crippen molar-refractivity contribution in [1.29, 1.82) is 0 Å². The highest BCUT2D eigenvalue weighted by Crippen LogP contribution is 2.49. The molecule has 162 valence electrons. The molecule has 0 aliphatic carbocycles. The summed E-state index contributed by atoms with van der Waals surface area (Å²) in [5.41, 5.74) is 0.316. The van der Waals surface area contributed by atoms with Crippen molar-refractivity contribution in [3.8, 4) is 5.75 Å². The van der Waals surface area contributed by atoms with Crippen molar-refractivity contribution in [2.75, 3.05) is 13.7 Å². The predicted molar refractivity (Wildman–Crippen MR) is 108 cm³/mol. The number of methoxy groups -OCH3 is 1. The standard InChI is InChI=1S/C23H27F3N2O2/c1-22(23(24,25)26)18-11-16(20(29-2)12-17(18)14-30-22)13-28-19-9-6-10-27-21(19)15-7-4-3-5-8-15/h3-5,7-8,11-12,19,21,27-28H,6,9-10,13-14H2,1-2H3/t19-,21-,22?/m0/s1. The summed E-state index contributed by atoms with van der Waals surface area (Å²) < 4.78 is 51.7. The minimum atomic E-state index is -4.48. The molecular weight excluding hydrogens is 393 g/mol. The molecule has 2 heterocycles. The van der Waals surface area contributed by atoms with Gasteiger partial charge in [-0.05, 0) is 55.1 Å². The van der Waals surface area contributed by atoms with Gasteiger partial charge < -0.3 is 20.1 Å². The molecule has 0 saturated carbocycles. The van der Waals surface area contributed by atoms with Gasteiger partial charge >= 0.3 is 6.18 Å². The molecule has 0 amide bonds. The number of hydrogen-bond acceptors (Lipinski definition) is 4. The first kappa shape index (κ1) is 21.2. The fraction of sp³-hybridized carbons (Fsp3) is 0.478. The van der Waals surface area contributed by atoms with Crippen LogP contribution in [-0.4, -0.2) is 25.9 Å². The van der Waals surface area contributed by atoms with Gasteiger partial charge in [-0.1, -0.05) is 30.3 Å². The summed E-state index contributed by atoms with van der Waals surface area (Å²) in [6.45, 7) is 2.39. The lowest BCUT2D eigenvalue weighted by molar-refractivity contribution is -0.272. The molecule has 2 aliphatic rings. The number of ether oxygens (including phenoxy) is 2. The number of fused-ring (bicyclic) bond motifs is 1. The van der Waals surface area contributed by atoms with Gasteiger partial charge in [0.1, 0.15) is 5.75 Å². The van der Waals surface area contributed by atoms with Crippen molar-refractivity contribution in [2.24, 2.45) is 0 Å². The highest BCUT2D eigenvalue weighted by Gasteiger charge is 2.57. The van der Waals surface area contributed by atoms with E-state index in [-0.39, 0.29) is 24.3 Å². The number of hydrogen-bond donors (Lipinski definition) is 2. The van der Waals surface area contributed by atoms with E-state index in [2.05, 4.69) is 22.8 Å². The lowest BCUT2D eigenvalue weighted by atomic mass is 9.90. The Balaban J connectivity index is 1.58. The molecule has 1 saturated heterocycles. The van der Waals surface area contributed by atoms with E-state index in [1.165, 1.54) is 5.56 Å². The summed E-state index contributed by atoms with van der Waals surface area (Å²) in [7, 11) is 1.54. The monoisotopic (exact) mass is 420 g/mol. The normalized spacial score (nSPS) is 26.4. The van der Waals surface area contributed by atoms with Crippen LogP contribution in [0, 0.1) is 0 Å². The predicted octanol–water partition coefficient (Wildman–Crippen LogP) is 4.59. The van der Waals surface area contributed by atoms with Crippen LogP contribution < -0.4 is 15.4 Å². The van der Waals surface area contributed by atoms with Crippen LogP contribution >= 0.6 is 0 Å². The summed E-state index contributed by atoms with van der Waals surface area (Å²) >= 11 is 0. The molecular formula is C23H27F3N2O2. The summed E-state index contributed by atoms with van der Waals surface area (Å²) in [4.78, 5) is 0.